The highest BCUT2D eigenvalue weighted by Crippen LogP contribution is 2.25. The Kier molecular flexibility index (Phi) is 6.32. The molecule has 2 saturated heterocycles. The maximum Gasteiger partial charge on any atom is 0.281 e. The predicted molar refractivity (Wildman–Crippen MR) is 101 cm³/mol. The summed E-state index contributed by atoms with van der Waals surface area (Å²) in [5, 5.41) is 2.95. The first kappa shape index (κ1) is 19.3. The second kappa shape index (κ2) is 8.50. The van der Waals surface area contributed by atoms with Gasteiger partial charge in [0.1, 0.15) is 0 Å². The van der Waals surface area contributed by atoms with E-state index in [1.54, 1.807) is 4.31 Å². The average molecular weight is 380 g/mol. The van der Waals surface area contributed by atoms with E-state index >= 15 is 0 Å². The Hall–Kier alpha value is -1.44. The van der Waals surface area contributed by atoms with E-state index in [0.717, 1.165) is 31.2 Å². The van der Waals surface area contributed by atoms with Crippen LogP contribution in [0.4, 0.5) is 0 Å². The van der Waals surface area contributed by atoms with Gasteiger partial charge in [-0.05, 0) is 37.2 Å². The molecule has 0 radical (unpaired) electrons. The zero-order chi connectivity index (χ0) is 18.6. The van der Waals surface area contributed by atoms with Crippen LogP contribution in [0.1, 0.15) is 38.2 Å². The maximum absolute atomic E-state index is 12.9. The largest absolute Gasteiger partial charge is 0.352 e. The van der Waals surface area contributed by atoms with Gasteiger partial charge >= 0.3 is 0 Å². The lowest BCUT2D eigenvalue weighted by atomic mass is 9.99. The van der Waals surface area contributed by atoms with Gasteiger partial charge in [-0.1, -0.05) is 37.3 Å². The van der Waals surface area contributed by atoms with E-state index in [9.17, 15) is 13.2 Å². The second-order valence-electron chi connectivity index (χ2n) is 7.49. The fourth-order valence-electron chi connectivity index (χ4n) is 3.67. The number of nitrogens with zero attached hydrogens (tertiary/aromatic N) is 2. The van der Waals surface area contributed by atoms with Crippen molar-refractivity contribution in [3.8, 4) is 0 Å². The summed E-state index contributed by atoms with van der Waals surface area (Å²) in [4.78, 5) is 12.5. The molecule has 1 aromatic rings. The van der Waals surface area contributed by atoms with Crippen molar-refractivity contribution in [3.05, 3.63) is 35.9 Å². The average Bonchev–Trinajstić information content (AvgIpc) is 2.67. The lowest BCUT2D eigenvalue weighted by Gasteiger charge is -2.37. The summed E-state index contributed by atoms with van der Waals surface area (Å²) in [6, 6.07) is 9.76. The molecule has 144 valence electrons. The van der Waals surface area contributed by atoms with Gasteiger partial charge in [0.15, 0.2) is 0 Å². The third kappa shape index (κ3) is 4.64. The molecule has 0 saturated carbocycles. The van der Waals surface area contributed by atoms with Crippen LogP contribution < -0.4 is 5.32 Å². The zero-order valence-electron chi connectivity index (χ0n) is 15.4. The predicted octanol–water partition coefficient (Wildman–Crippen LogP) is 1.99. The molecule has 6 nitrogen and oxygen atoms in total. The van der Waals surface area contributed by atoms with Crippen LogP contribution in [0.5, 0.6) is 0 Å². The van der Waals surface area contributed by atoms with Crippen LogP contribution in [0.15, 0.2) is 30.3 Å². The quantitative estimate of drug-likeness (QED) is 0.851. The molecule has 2 fully saturated rings. The Morgan fingerprint density at radius 1 is 1.08 bits per heavy atom. The lowest BCUT2D eigenvalue weighted by Crippen LogP contribution is -2.52. The highest BCUT2D eigenvalue weighted by atomic mass is 32.2. The third-order valence-corrected chi connectivity index (χ3v) is 7.46. The molecule has 1 unspecified atom stereocenters. The van der Waals surface area contributed by atoms with E-state index in [4.69, 9.17) is 0 Å². The molecular formula is C19H29N3O3S. The molecule has 1 amide bonds. The topological polar surface area (TPSA) is 69.7 Å². The second-order valence-corrected chi connectivity index (χ2v) is 9.42. The summed E-state index contributed by atoms with van der Waals surface area (Å²) < 4.78 is 28.9. The Balaban J connectivity index is 1.57. The van der Waals surface area contributed by atoms with E-state index in [-0.39, 0.29) is 18.4 Å². The lowest BCUT2D eigenvalue weighted by molar-refractivity contribution is -0.126. The van der Waals surface area contributed by atoms with Gasteiger partial charge < -0.3 is 5.32 Å². The fourth-order valence-corrected chi connectivity index (χ4v) is 5.40. The van der Waals surface area contributed by atoms with Crippen LogP contribution in [-0.2, 0) is 21.5 Å². The van der Waals surface area contributed by atoms with Crippen molar-refractivity contribution < 1.29 is 13.2 Å². The van der Waals surface area contributed by atoms with Crippen molar-refractivity contribution in [2.75, 3.05) is 26.2 Å². The smallest absolute Gasteiger partial charge is 0.281 e. The first-order chi connectivity index (χ1) is 12.5. The van der Waals surface area contributed by atoms with Gasteiger partial charge in [-0.2, -0.15) is 17.0 Å². The van der Waals surface area contributed by atoms with Gasteiger partial charge in [-0.3, -0.25) is 4.79 Å². The molecule has 7 heteroatoms. The van der Waals surface area contributed by atoms with Crippen LogP contribution >= 0.6 is 0 Å². The first-order valence-corrected chi connectivity index (χ1v) is 10.9. The van der Waals surface area contributed by atoms with Crippen LogP contribution in [0.3, 0.4) is 0 Å². The van der Waals surface area contributed by atoms with Crippen molar-refractivity contribution in [2.45, 2.75) is 39.2 Å². The van der Waals surface area contributed by atoms with Crippen molar-refractivity contribution in [1.82, 2.24) is 13.9 Å². The fraction of sp³-hybridized carbons (Fsp3) is 0.632. The van der Waals surface area contributed by atoms with Crippen LogP contribution in [0.2, 0.25) is 0 Å². The van der Waals surface area contributed by atoms with E-state index in [1.807, 2.05) is 30.3 Å². The molecule has 2 aliphatic rings. The molecule has 2 aliphatic heterocycles. The number of carbonyl (C=O) groups is 1. The summed E-state index contributed by atoms with van der Waals surface area (Å²) in [5.41, 5.74) is 1.04. The van der Waals surface area contributed by atoms with Gasteiger partial charge in [-0.25, -0.2) is 0 Å². The summed E-state index contributed by atoms with van der Waals surface area (Å²) in [6.07, 6.45) is 3.29. The number of piperidine rings is 2. The highest BCUT2D eigenvalue weighted by molar-refractivity contribution is 7.86. The number of amides is 1. The van der Waals surface area contributed by atoms with E-state index < -0.39 is 10.2 Å². The minimum absolute atomic E-state index is 0.0546. The molecule has 0 bridgehead atoms. The molecule has 2 heterocycles. The molecular weight excluding hydrogens is 350 g/mol. The summed E-state index contributed by atoms with van der Waals surface area (Å²) in [5.74, 6) is 0.256. The molecule has 0 spiro atoms. The normalized spacial score (nSPS) is 23.7. The SMILES string of the molecule is CC1CCN(S(=O)(=O)N2CCCC(C(=O)NCc3ccccc3)C2)CC1. The Morgan fingerprint density at radius 2 is 1.77 bits per heavy atom. The molecule has 26 heavy (non-hydrogen) atoms. The number of hydrogen-bond acceptors (Lipinski definition) is 3. The Bertz CT molecular complexity index is 700. The minimum Gasteiger partial charge on any atom is -0.352 e. The number of rotatable bonds is 5. The molecule has 1 atom stereocenters. The van der Waals surface area contributed by atoms with Gasteiger partial charge in [0.25, 0.3) is 10.2 Å². The Morgan fingerprint density at radius 3 is 2.46 bits per heavy atom. The van der Waals surface area contributed by atoms with Crippen LogP contribution in [0, 0.1) is 11.8 Å². The zero-order valence-corrected chi connectivity index (χ0v) is 16.2. The summed E-state index contributed by atoms with van der Waals surface area (Å²) in [7, 11) is -3.46. The summed E-state index contributed by atoms with van der Waals surface area (Å²) in [6.45, 7) is 4.62. The number of carbonyl (C=O) groups excluding carboxylic acids is 1. The number of nitrogens with one attached hydrogen (secondary N) is 1. The Labute approximate surface area is 156 Å². The van der Waals surface area contributed by atoms with Crippen molar-refractivity contribution in [3.63, 3.8) is 0 Å². The van der Waals surface area contributed by atoms with Crippen LogP contribution in [0.25, 0.3) is 0 Å². The molecule has 0 aromatic heterocycles. The highest BCUT2D eigenvalue weighted by Gasteiger charge is 2.36. The number of benzene rings is 1. The van der Waals surface area contributed by atoms with Crippen molar-refractivity contribution in [1.29, 1.82) is 0 Å². The molecule has 0 aliphatic carbocycles. The van der Waals surface area contributed by atoms with E-state index in [1.165, 1.54) is 4.31 Å². The maximum atomic E-state index is 12.9. The van der Waals surface area contributed by atoms with Crippen molar-refractivity contribution in [2.24, 2.45) is 11.8 Å². The van der Waals surface area contributed by atoms with Gasteiger partial charge in [0.05, 0.1) is 5.92 Å². The minimum atomic E-state index is -3.46. The van der Waals surface area contributed by atoms with Crippen LogP contribution in [-0.4, -0.2) is 49.1 Å². The van der Waals surface area contributed by atoms with Crippen molar-refractivity contribution >= 4 is 16.1 Å². The van der Waals surface area contributed by atoms with E-state index in [0.29, 0.717) is 32.1 Å². The number of hydrogen-bond donors (Lipinski definition) is 1. The molecule has 1 N–H and O–H groups in total. The van der Waals surface area contributed by atoms with Gasteiger partial charge in [0, 0.05) is 32.7 Å². The monoisotopic (exact) mass is 379 g/mol. The summed E-state index contributed by atoms with van der Waals surface area (Å²) >= 11 is 0. The third-order valence-electron chi connectivity index (χ3n) is 5.46. The van der Waals surface area contributed by atoms with E-state index in [2.05, 4.69) is 12.2 Å². The molecule has 3 rings (SSSR count). The van der Waals surface area contributed by atoms with Gasteiger partial charge in [0.2, 0.25) is 5.91 Å². The first-order valence-electron chi connectivity index (χ1n) is 9.53. The molecule has 1 aromatic carbocycles. The standard InChI is InChI=1S/C19H29N3O3S/c1-16-9-12-21(13-10-16)26(24,25)22-11-5-8-18(15-22)19(23)20-14-17-6-3-2-4-7-17/h2-4,6-7,16,18H,5,8-15H2,1H3,(H,20,23). The van der Waals surface area contributed by atoms with Gasteiger partial charge in [-0.15, -0.1) is 0 Å².